The van der Waals surface area contributed by atoms with Crippen LogP contribution in [0.1, 0.15) is 41.5 Å². The van der Waals surface area contributed by atoms with Crippen molar-refractivity contribution in [1.82, 2.24) is 15.1 Å². The van der Waals surface area contributed by atoms with Gasteiger partial charge < -0.3 is 15.1 Å². The molecule has 1 amide bonds. The third kappa shape index (κ3) is 3.94. The number of carbonyl (C=O) groups excluding carboxylic acids is 1. The lowest BCUT2D eigenvalue weighted by Gasteiger charge is -2.35. The van der Waals surface area contributed by atoms with Crippen LogP contribution in [0.5, 0.6) is 0 Å². The largest absolute Gasteiger partial charge is 0.369 e. The van der Waals surface area contributed by atoms with Gasteiger partial charge in [0.05, 0.1) is 10.2 Å². The van der Waals surface area contributed by atoms with E-state index >= 15 is 0 Å². The second kappa shape index (κ2) is 7.80. The zero-order valence-corrected chi connectivity index (χ0v) is 17.4. The lowest BCUT2D eigenvalue weighted by molar-refractivity contribution is 0.102. The molecule has 7 heteroatoms. The van der Waals surface area contributed by atoms with E-state index < -0.39 is 0 Å². The highest BCUT2D eigenvalue weighted by atomic mass is 79.9. The molecule has 140 valence electrons. The lowest BCUT2D eigenvalue weighted by atomic mass is 10.1. The number of aryl methyl sites for hydroxylation is 1. The highest BCUT2D eigenvalue weighted by Crippen LogP contribution is 2.28. The van der Waals surface area contributed by atoms with Crippen molar-refractivity contribution in [2.45, 2.75) is 26.7 Å². The first-order valence-corrected chi connectivity index (χ1v) is 9.75. The topological polar surface area (TPSA) is 64.3 Å². The molecule has 1 aromatic carbocycles. The van der Waals surface area contributed by atoms with Crippen LogP contribution in [-0.4, -0.2) is 54.2 Å². The van der Waals surface area contributed by atoms with Crippen molar-refractivity contribution < 1.29 is 4.79 Å². The Labute approximate surface area is 163 Å². The maximum atomic E-state index is 12.6. The Hall–Kier alpha value is -1.86. The van der Waals surface area contributed by atoms with Crippen molar-refractivity contribution >= 4 is 33.2 Å². The molecule has 0 unspecified atom stereocenters. The summed E-state index contributed by atoms with van der Waals surface area (Å²) in [4.78, 5) is 17.3. The lowest BCUT2D eigenvalue weighted by Crippen LogP contribution is -2.44. The summed E-state index contributed by atoms with van der Waals surface area (Å²) in [6.07, 6.45) is 0. The number of hydrogen-bond acceptors (Lipinski definition) is 4. The molecule has 1 aliphatic heterocycles. The molecular weight excluding hydrogens is 394 g/mol. The molecule has 0 radical (unpaired) electrons. The van der Waals surface area contributed by atoms with Crippen LogP contribution >= 0.6 is 15.9 Å². The monoisotopic (exact) mass is 419 g/mol. The number of nitrogens with one attached hydrogen (secondary N) is 2. The van der Waals surface area contributed by atoms with E-state index in [1.807, 2.05) is 12.1 Å². The predicted octanol–water partition coefficient (Wildman–Crippen LogP) is 3.61. The van der Waals surface area contributed by atoms with Gasteiger partial charge in [0.25, 0.3) is 5.91 Å². The zero-order valence-electron chi connectivity index (χ0n) is 15.8. The van der Waals surface area contributed by atoms with Crippen LogP contribution < -0.4 is 10.2 Å². The van der Waals surface area contributed by atoms with Gasteiger partial charge in [-0.25, -0.2) is 0 Å². The molecule has 2 aromatic rings. The smallest absolute Gasteiger partial charge is 0.277 e. The number of H-pyrrole nitrogens is 1. The molecule has 1 aliphatic rings. The van der Waals surface area contributed by atoms with E-state index in [4.69, 9.17) is 0 Å². The van der Waals surface area contributed by atoms with Crippen molar-refractivity contribution in [3.05, 3.63) is 39.6 Å². The number of carbonyl (C=O) groups is 1. The minimum absolute atomic E-state index is 0.216. The van der Waals surface area contributed by atoms with Gasteiger partial charge in [0.15, 0.2) is 5.69 Å². The van der Waals surface area contributed by atoms with Crippen LogP contribution in [-0.2, 0) is 0 Å². The molecule has 2 heterocycles. The molecule has 1 fully saturated rings. The van der Waals surface area contributed by atoms with Gasteiger partial charge in [0.1, 0.15) is 0 Å². The maximum absolute atomic E-state index is 12.6. The fraction of sp³-hybridized carbons (Fsp3) is 0.474. The van der Waals surface area contributed by atoms with Crippen LogP contribution in [0.25, 0.3) is 0 Å². The molecule has 0 saturated carbocycles. The van der Waals surface area contributed by atoms with E-state index in [0.29, 0.717) is 5.69 Å². The number of aromatic amines is 1. The molecule has 0 atom stereocenters. The summed E-state index contributed by atoms with van der Waals surface area (Å²) in [5.74, 6) is 0.0512. The van der Waals surface area contributed by atoms with Gasteiger partial charge >= 0.3 is 0 Å². The van der Waals surface area contributed by atoms with Crippen LogP contribution in [0.3, 0.4) is 0 Å². The summed E-state index contributed by atoms with van der Waals surface area (Å²) in [6.45, 7) is 10.4. The standard InChI is InChI=1S/C19H26BrN5O/c1-12(2)17-16(20)18(23-22-17)19(26)21-14-5-6-15(13(3)11-14)25-9-7-24(4)8-10-25/h5-6,11-12H,7-10H2,1-4H3,(H,21,26)(H,22,23). The van der Waals surface area contributed by atoms with Crippen molar-refractivity contribution in [1.29, 1.82) is 0 Å². The summed E-state index contributed by atoms with van der Waals surface area (Å²) in [7, 11) is 2.15. The molecule has 1 aromatic heterocycles. The molecule has 3 rings (SSSR count). The van der Waals surface area contributed by atoms with Crippen molar-refractivity contribution in [3.8, 4) is 0 Å². The number of benzene rings is 1. The fourth-order valence-corrected chi connectivity index (χ4v) is 4.02. The van der Waals surface area contributed by atoms with Crippen LogP contribution in [0.4, 0.5) is 11.4 Å². The summed E-state index contributed by atoms with van der Waals surface area (Å²) in [5.41, 5.74) is 4.49. The van der Waals surface area contributed by atoms with Crippen LogP contribution in [0, 0.1) is 6.92 Å². The average molecular weight is 420 g/mol. The van der Waals surface area contributed by atoms with Crippen molar-refractivity contribution in [2.24, 2.45) is 0 Å². The number of amides is 1. The number of piperazine rings is 1. The van der Waals surface area contributed by atoms with E-state index in [-0.39, 0.29) is 11.8 Å². The number of halogens is 1. The molecule has 1 saturated heterocycles. The average Bonchev–Trinajstić information content (AvgIpc) is 2.98. The number of aromatic nitrogens is 2. The Balaban J connectivity index is 1.72. The van der Waals surface area contributed by atoms with Gasteiger partial charge in [-0.2, -0.15) is 5.10 Å². The second-order valence-corrected chi connectivity index (χ2v) is 7.99. The van der Waals surface area contributed by atoms with Gasteiger partial charge in [-0.1, -0.05) is 13.8 Å². The molecule has 26 heavy (non-hydrogen) atoms. The third-order valence-corrected chi connectivity index (χ3v) is 5.63. The quantitative estimate of drug-likeness (QED) is 0.794. The minimum atomic E-state index is -0.216. The van der Waals surface area contributed by atoms with Gasteiger partial charge in [-0.15, -0.1) is 0 Å². The summed E-state index contributed by atoms with van der Waals surface area (Å²) in [6, 6.07) is 6.08. The van der Waals surface area contributed by atoms with E-state index in [0.717, 1.165) is 47.6 Å². The highest BCUT2D eigenvalue weighted by molar-refractivity contribution is 9.10. The fourth-order valence-electron chi connectivity index (χ4n) is 3.20. The van der Waals surface area contributed by atoms with Gasteiger partial charge in [-0.05, 0) is 59.6 Å². The Bertz CT molecular complexity index is 793. The van der Waals surface area contributed by atoms with E-state index in [9.17, 15) is 4.79 Å². The second-order valence-electron chi connectivity index (χ2n) is 7.20. The normalized spacial score (nSPS) is 15.5. The number of anilines is 2. The summed E-state index contributed by atoms with van der Waals surface area (Å²) in [5, 5.41) is 10.0. The highest BCUT2D eigenvalue weighted by Gasteiger charge is 2.20. The Kier molecular flexibility index (Phi) is 5.67. The first-order chi connectivity index (χ1) is 12.4. The number of nitrogens with zero attached hydrogens (tertiary/aromatic N) is 3. The summed E-state index contributed by atoms with van der Waals surface area (Å²) >= 11 is 3.48. The first kappa shape index (κ1) is 18.9. The Morgan fingerprint density at radius 1 is 1.27 bits per heavy atom. The van der Waals surface area contributed by atoms with Gasteiger partial charge in [0, 0.05) is 37.6 Å². The van der Waals surface area contributed by atoms with Crippen LogP contribution in [0.15, 0.2) is 22.7 Å². The Morgan fingerprint density at radius 3 is 2.54 bits per heavy atom. The number of hydrogen-bond donors (Lipinski definition) is 2. The zero-order chi connectivity index (χ0) is 18.8. The number of rotatable bonds is 4. The van der Waals surface area contributed by atoms with E-state index in [2.05, 4.69) is 75.1 Å². The first-order valence-electron chi connectivity index (χ1n) is 8.96. The van der Waals surface area contributed by atoms with E-state index in [1.165, 1.54) is 5.69 Å². The van der Waals surface area contributed by atoms with E-state index in [1.54, 1.807) is 0 Å². The van der Waals surface area contributed by atoms with Crippen molar-refractivity contribution in [2.75, 3.05) is 43.4 Å². The number of likely N-dealkylation sites (N-methyl/N-ethyl adjacent to an activating group) is 1. The molecule has 2 N–H and O–H groups in total. The SMILES string of the molecule is Cc1cc(NC(=O)c2n[nH]c(C(C)C)c2Br)ccc1N1CCN(C)CC1. The molecule has 0 bridgehead atoms. The van der Waals surface area contributed by atoms with Gasteiger partial charge in [0.2, 0.25) is 0 Å². The summed E-state index contributed by atoms with van der Waals surface area (Å²) < 4.78 is 0.732. The molecule has 6 nitrogen and oxygen atoms in total. The Morgan fingerprint density at radius 2 is 1.96 bits per heavy atom. The van der Waals surface area contributed by atoms with Crippen molar-refractivity contribution in [3.63, 3.8) is 0 Å². The molecular formula is C19H26BrN5O. The van der Waals surface area contributed by atoms with Gasteiger partial charge in [-0.3, -0.25) is 9.89 Å². The van der Waals surface area contributed by atoms with Crippen LogP contribution in [0.2, 0.25) is 0 Å². The minimum Gasteiger partial charge on any atom is -0.369 e. The third-order valence-electron chi connectivity index (χ3n) is 4.82. The molecule has 0 aliphatic carbocycles. The molecule has 0 spiro atoms. The maximum Gasteiger partial charge on any atom is 0.277 e. The predicted molar refractivity (Wildman–Crippen MR) is 109 cm³/mol.